The van der Waals surface area contributed by atoms with Crippen LogP contribution in [-0.2, 0) is 4.43 Å². The summed E-state index contributed by atoms with van der Waals surface area (Å²) in [6, 6.07) is 0. The Morgan fingerprint density at radius 3 is 1.86 bits per heavy atom. The molecular formula is C2H5Cl3OSi. The maximum absolute atomic E-state index is 5.30. The zero-order valence-corrected chi connectivity index (χ0v) is 7.43. The molecule has 0 N–H and O–H groups in total. The monoisotopic (exact) mass is 178 g/mol. The third-order valence-electron chi connectivity index (χ3n) is 0.308. The van der Waals surface area contributed by atoms with Crippen LogP contribution in [-0.4, -0.2) is 20.3 Å². The number of rotatable bonds is 1. The first-order valence-electron chi connectivity index (χ1n) is 1.62. The highest BCUT2D eigenvalue weighted by atomic mass is 35.6. The van der Waals surface area contributed by atoms with Crippen molar-refractivity contribution in [2.75, 3.05) is 7.11 Å². The topological polar surface area (TPSA) is 9.23 Å². The summed E-state index contributed by atoms with van der Waals surface area (Å²) >= 11 is 15.9. The van der Waals surface area contributed by atoms with Gasteiger partial charge in [0.05, 0.1) is 0 Å². The van der Waals surface area contributed by atoms with E-state index in [0.717, 1.165) is 0 Å². The highest BCUT2D eigenvalue weighted by molar-refractivity contribution is 6.85. The Bertz CT molecular complexity index is 51.4. The summed E-state index contributed by atoms with van der Waals surface area (Å²) < 4.78 is 3.53. The summed E-state index contributed by atoms with van der Waals surface area (Å²) in [5.74, 6) is 0. The van der Waals surface area contributed by atoms with Gasteiger partial charge in [-0.05, 0) is 0 Å². The minimum atomic E-state index is -1.12. The lowest BCUT2D eigenvalue weighted by Crippen LogP contribution is -2.15. The second-order valence-electron chi connectivity index (χ2n) is 1.05. The minimum Gasteiger partial charge on any atom is -0.422 e. The molecule has 0 aliphatic heterocycles. The van der Waals surface area contributed by atoms with Crippen molar-refractivity contribution in [3.63, 3.8) is 0 Å². The summed E-state index contributed by atoms with van der Waals surface area (Å²) in [5.41, 5.74) is 0. The van der Waals surface area contributed by atoms with E-state index in [4.69, 9.17) is 34.8 Å². The van der Waals surface area contributed by atoms with Crippen molar-refractivity contribution in [2.24, 2.45) is 0 Å². The van der Waals surface area contributed by atoms with Crippen LogP contribution in [0.3, 0.4) is 0 Å². The van der Waals surface area contributed by atoms with Gasteiger partial charge in [0.1, 0.15) is 0 Å². The lowest BCUT2D eigenvalue weighted by molar-refractivity contribution is 0.442. The first-order chi connectivity index (χ1) is 3.06. The summed E-state index contributed by atoms with van der Waals surface area (Å²) in [5, 5.41) is 0. The van der Waals surface area contributed by atoms with E-state index in [1.807, 2.05) is 0 Å². The molecule has 0 unspecified atom stereocenters. The van der Waals surface area contributed by atoms with E-state index < -0.39 is 13.2 Å². The van der Waals surface area contributed by atoms with Crippen LogP contribution < -0.4 is 0 Å². The Labute approximate surface area is 59.8 Å². The fourth-order valence-corrected chi connectivity index (χ4v) is 1.47. The summed E-state index contributed by atoms with van der Waals surface area (Å²) in [6.07, 6.45) is 0. The third-order valence-corrected chi connectivity index (χ3v) is 1.91. The number of hydrogen-bond acceptors (Lipinski definition) is 1. The van der Waals surface area contributed by atoms with Gasteiger partial charge in [-0.3, -0.25) is 0 Å². The molecule has 5 heteroatoms. The second kappa shape index (κ2) is 3.15. The third kappa shape index (κ3) is 7.05. The molecule has 0 aromatic heterocycles. The predicted octanol–water partition coefficient (Wildman–Crippen LogP) is 1.04. The van der Waals surface area contributed by atoms with Crippen LogP contribution in [0.1, 0.15) is 0 Å². The molecular weight excluding hydrogens is 174 g/mol. The summed E-state index contributed by atoms with van der Waals surface area (Å²) in [4.78, 5) is 0. The van der Waals surface area contributed by atoms with Crippen LogP contribution in [0, 0.1) is 0 Å². The SMILES string of the molecule is CO[SiH2]C(Cl)(Cl)Cl. The molecule has 7 heavy (non-hydrogen) atoms. The number of halogens is 3. The zero-order chi connectivity index (χ0) is 5.91. The van der Waals surface area contributed by atoms with Gasteiger partial charge in [-0.15, -0.1) is 0 Å². The Balaban J connectivity index is 3.15. The Kier molecular flexibility index (Phi) is 3.62. The van der Waals surface area contributed by atoms with Crippen LogP contribution in [0.5, 0.6) is 0 Å². The summed E-state index contributed by atoms with van der Waals surface area (Å²) in [7, 11) is 0.592. The molecule has 0 heterocycles. The van der Waals surface area contributed by atoms with Crippen molar-refractivity contribution in [1.29, 1.82) is 0 Å². The van der Waals surface area contributed by atoms with Crippen LogP contribution in [0.25, 0.3) is 0 Å². The molecule has 0 saturated carbocycles. The van der Waals surface area contributed by atoms with Crippen LogP contribution >= 0.6 is 34.8 Å². The smallest absolute Gasteiger partial charge is 0.217 e. The largest absolute Gasteiger partial charge is 0.422 e. The quantitative estimate of drug-likeness (QED) is 0.432. The highest BCUT2D eigenvalue weighted by Crippen LogP contribution is 2.23. The lowest BCUT2D eigenvalue weighted by atomic mass is 11.8. The Hall–Kier alpha value is 1.05. The van der Waals surface area contributed by atoms with Gasteiger partial charge in [0.25, 0.3) is 0 Å². The maximum atomic E-state index is 5.30. The lowest BCUT2D eigenvalue weighted by Gasteiger charge is -2.05. The van der Waals surface area contributed by atoms with E-state index in [1.165, 1.54) is 7.11 Å². The van der Waals surface area contributed by atoms with Crippen LogP contribution in [0.15, 0.2) is 0 Å². The van der Waals surface area contributed by atoms with E-state index in [0.29, 0.717) is 0 Å². The van der Waals surface area contributed by atoms with Gasteiger partial charge in [0.15, 0.2) is 3.42 Å². The molecule has 0 aliphatic rings. The van der Waals surface area contributed by atoms with Gasteiger partial charge in [-0.2, -0.15) is 0 Å². The van der Waals surface area contributed by atoms with Gasteiger partial charge < -0.3 is 4.43 Å². The molecule has 44 valence electrons. The molecule has 0 fully saturated rings. The normalized spacial score (nSPS) is 13.7. The van der Waals surface area contributed by atoms with Crippen molar-refractivity contribution < 1.29 is 4.43 Å². The molecule has 0 amide bonds. The Morgan fingerprint density at radius 2 is 1.86 bits per heavy atom. The predicted molar refractivity (Wildman–Crippen MR) is 35.8 cm³/mol. The van der Waals surface area contributed by atoms with Gasteiger partial charge in [0, 0.05) is 7.11 Å². The molecule has 0 atom stereocenters. The standard InChI is InChI=1S/C2H5Cl3OSi/c1-6-7-2(3,4)5/h7H2,1H3. The summed E-state index contributed by atoms with van der Waals surface area (Å²) in [6.45, 7) is 0. The molecule has 0 aliphatic carbocycles. The van der Waals surface area contributed by atoms with Crippen molar-refractivity contribution in [1.82, 2.24) is 0 Å². The van der Waals surface area contributed by atoms with E-state index in [1.54, 1.807) is 0 Å². The maximum Gasteiger partial charge on any atom is 0.217 e. The van der Waals surface area contributed by atoms with E-state index in [2.05, 4.69) is 4.43 Å². The van der Waals surface area contributed by atoms with Crippen molar-refractivity contribution >= 4 is 44.6 Å². The average molecular weight is 180 g/mol. The second-order valence-corrected chi connectivity index (χ2v) is 6.84. The van der Waals surface area contributed by atoms with Crippen molar-refractivity contribution in [3.8, 4) is 0 Å². The van der Waals surface area contributed by atoms with Crippen molar-refractivity contribution in [2.45, 2.75) is 3.42 Å². The Morgan fingerprint density at radius 1 is 1.43 bits per heavy atom. The molecule has 0 aromatic rings. The van der Waals surface area contributed by atoms with E-state index >= 15 is 0 Å². The van der Waals surface area contributed by atoms with Crippen LogP contribution in [0.2, 0.25) is 0 Å². The van der Waals surface area contributed by atoms with E-state index in [9.17, 15) is 0 Å². The molecule has 0 bridgehead atoms. The van der Waals surface area contributed by atoms with Gasteiger partial charge >= 0.3 is 0 Å². The fourth-order valence-electron chi connectivity index (χ4n) is 0.164. The minimum absolute atomic E-state index is 0.944. The molecule has 0 radical (unpaired) electrons. The number of hydrogen-bond donors (Lipinski definition) is 0. The fraction of sp³-hybridized carbons (Fsp3) is 1.00. The first-order valence-corrected chi connectivity index (χ1v) is 4.04. The molecule has 0 aromatic carbocycles. The number of alkyl halides is 3. The van der Waals surface area contributed by atoms with Gasteiger partial charge in [-0.25, -0.2) is 0 Å². The van der Waals surface area contributed by atoms with Gasteiger partial charge in [-0.1, -0.05) is 34.8 Å². The first kappa shape index (κ1) is 8.05. The van der Waals surface area contributed by atoms with Gasteiger partial charge in [0.2, 0.25) is 9.76 Å². The van der Waals surface area contributed by atoms with Crippen molar-refractivity contribution in [3.05, 3.63) is 0 Å². The van der Waals surface area contributed by atoms with Crippen LogP contribution in [0.4, 0.5) is 0 Å². The molecule has 0 spiro atoms. The molecule has 0 rings (SSSR count). The zero-order valence-electron chi connectivity index (χ0n) is 3.75. The molecule has 0 saturated heterocycles. The molecule has 1 nitrogen and oxygen atoms in total. The average Bonchev–Trinajstić information content (AvgIpc) is 1.30. The van der Waals surface area contributed by atoms with E-state index in [-0.39, 0.29) is 0 Å². The highest BCUT2D eigenvalue weighted by Gasteiger charge is 2.19.